The number of likely N-dealkylation sites (tertiary alicyclic amines) is 1. The monoisotopic (exact) mass is 364 g/mol. The van der Waals surface area contributed by atoms with Gasteiger partial charge in [-0.15, -0.1) is 16.9 Å². The predicted octanol–water partition coefficient (Wildman–Crippen LogP) is 2.24. The average Bonchev–Trinajstić information content (AvgIpc) is 3.25. The molecule has 7 nitrogen and oxygen atoms in total. The number of aromatic nitrogens is 3. The first kappa shape index (κ1) is 17.4. The predicted molar refractivity (Wildman–Crippen MR) is 89.6 cm³/mol. The largest absolute Gasteiger partial charge is 0.476 e. The lowest BCUT2D eigenvalue weighted by Crippen LogP contribution is -2.32. The van der Waals surface area contributed by atoms with Crippen molar-refractivity contribution in [2.75, 3.05) is 12.3 Å². The Balaban J connectivity index is 1.60. The molecule has 0 spiro atoms. The van der Waals surface area contributed by atoms with E-state index in [0.717, 1.165) is 12.0 Å². The second-order valence-electron chi connectivity index (χ2n) is 5.73. The van der Waals surface area contributed by atoms with Crippen LogP contribution in [0.5, 0.6) is 0 Å². The quantitative estimate of drug-likeness (QED) is 0.816. The number of thioether (sulfide) groups is 1. The molecule has 9 heteroatoms. The molecule has 0 saturated carbocycles. The summed E-state index contributed by atoms with van der Waals surface area (Å²) in [5, 5.41) is 19.1. The van der Waals surface area contributed by atoms with Crippen LogP contribution in [0.1, 0.15) is 40.6 Å². The fraction of sp³-hybridized carbons (Fsp3) is 0.375. The topological polar surface area (TPSA) is 99.2 Å². The zero-order valence-electron chi connectivity index (χ0n) is 13.3. The summed E-state index contributed by atoms with van der Waals surface area (Å²) in [5.74, 6) is -0.627. The summed E-state index contributed by atoms with van der Waals surface area (Å²) >= 11 is 1.44. The van der Waals surface area contributed by atoms with E-state index >= 15 is 0 Å². The molecule has 1 aromatic heterocycles. The molecule has 132 valence electrons. The number of rotatable bonds is 6. The van der Waals surface area contributed by atoms with Gasteiger partial charge in [-0.25, -0.2) is 9.18 Å². The van der Waals surface area contributed by atoms with Crippen molar-refractivity contribution in [2.45, 2.75) is 24.6 Å². The average molecular weight is 364 g/mol. The van der Waals surface area contributed by atoms with Crippen LogP contribution in [0, 0.1) is 5.82 Å². The van der Waals surface area contributed by atoms with Crippen molar-refractivity contribution in [2.24, 2.45) is 0 Å². The van der Waals surface area contributed by atoms with Crippen molar-refractivity contribution in [3.8, 4) is 0 Å². The number of nitrogens with one attached hydrogen (secondary N) is 1. The van der Waals surface area contributed by atoms with Crippen molar-refractivity contribution in [1.29, 1.82) is 0 Å². The maximum absolute atomic E-state index is 12.9. The van der Waals surface area contributed by atoms with Crippen LogP contribution in [-0.2, 0) is 10.5 Å². The zero-order valence-corrected chi connectivity index (χ0v) is 14.1. The lowest BCUT2D eigenvalue weighted by molar-refractivity contribution is -0.129. The smallest absolute Gasteiger partial charge is 0.358 e. The van der Waals surface area contributed by atoms with Crippen molar-refractivity contribution >= 4 is 23.6 Å². The molecular formula is C16H17FN4O3S. The van der Waals surface area contributed by atoms with Crippen molar-refractivity contribution in [3.05, 3.63) is 47.0 Å². The highest BCUT2D eigenvalue weighted by Crippen LogP contribution is 2.32. The Morgan fingerprint density at radius 3 is 2.80 bits per heavy atom. The first-order valence-corrected chi connectivity index (χ1v) is 8.97. The minimum absolute atomic E-state index is 0.0612. The molecule has 2 N–H and O–H groups in total. The summed E-state index contributed by atoms with van der Waals surface area (Å²) in [4.78, 5) is 25.4. The Kier molecular flexibility index (Phi) is 5.32. The molecule has 0 bridgehead atoms. The van der Waals surface area contributed by atoms with Gasteiger partial charge in [-0.05, 0) is 30.5 Å². The van der Waals surface area contributed by atoms with E-state index in [1.807, 2.05) is 0 Å². The normalized spacial score (nSPS) is 17.0. The lowest BCUT2D eigenvalue weighted by atomic mass is 10.1. The molecule has 25 heavy (non-hydrogen) atoms. The van der Waals surface area contributed by atoms with Gasteiger partial charge < -0.3 is 10.0 Å². The number of hydrogen-bond acceptors (Lipinski definition) is 5. The first-order chi connectivity index (χ1) is 12.1. The highest BCUT2D eigenvalue weighted by molar-refractivity contribution is 7.99. The Bertz CT molecular complexity index is 765. The number of amides is 1. The molecule has 0 radical (unpaired) electrons. The van der Waals surface area contributed by atoms with E-state index in [9.17, 15) is 14.0 Å². The van der Waals surface area contributed by atoms with Crippen molar-refractivity contribution in [3.63, 3.8) is 0 Å². The molecule has 1 unspecified atom stereocenters. The second kappa shape index (κ2) is 7.64. The van der Waals surface area contributed by atoms with E-state index in [1.54, 1.807) is 17.0 Å². The number of H-pyrrole nitrogens is 1. The molecule has 1 amide bonds. The summed E-state index contributed by atoms with van der Waals surface area (Å²) < 4.78 is 12.9. The minimum atomic E-state index is -1.16. The third-order valence-corrected chi connectivity index (χ3v) is 5.06. The Morgan fingerprint density at radius 1 is 1.32 bits per heavy atom. The first-order valence-electron chi connectivity index (χ1n) is 7.82. The van der Waals surface area contributed by atoms with Gasteiger partial charge in [0.25, 0.3) is 0 Å². The van der Waals surface area contributed by atoms with Gasteiger partial charge in [0.2, 0.25) is 5.91 Å². The fourth-order valence-corrected chi connectivity index (χ4v) is 3.77. The minimum Gasteiger partial charge on any atom is -0.476 e. The number of carboxylic acids is 1. The van der Waals surface area contributed by atoms with Crippen LogP contribution in [0.2, 0.25) is 0 Å². The lowest BCUT2D eigenvalue weighted by Gasteiger charge is -2.23. The second-order valence-corrected chi connectivity index (χ2v) is 6.71. The zero-order chi connectivity index (χ0) is 17.8. The fourth-order valence-electron chi connectivity index (χ4n) is 2.90. The summed E-state index contributed by atoms with van der Waals surface area (Å²) in [6.45, 7) is 0.576. The molecule has 1 aromatic carbocycles. The van der Waals surface area contributed by atoms with Crippen LogP contribution >= 0.6 is 11.8 Å². The summed E-state index contributed by atoms with van der Waals surface area (Å²) in [5.41, 5.74) is 1.12. The van der Waals surface area contributed by atoms with Crippen molar-refractivity contribution in [1.82, 2.24) is 20.3 Å². The maximum atomic E-state index is 12.9. The van der Waals surface area contributed by atoms with Gasteiger partial charge in [0.15, 0.2) is 5.69 Å². The molecular weight excluding hydrogens is 347 g/mol. The maximum Gasteiger partial charge on any atom is 0.358 e. The molecule has 0 aliphatic carbocycles. The van der Waals surface area contributed by atoms with Gasteiger partial charge in [0.05, 0.1) is 11.8 Å². The number of carboxylic acid groups (broad SMARTS) is 1. The summed E-state index contributed by atoms with van der Waals surface area (Å²) in [6, 6.07) is 5.82. The summed E-state index contributed by atoms with van der Waals surface area (Å²) in [6.07, 6.45) is 1.46. The van der Waals surface area contributed by atoms with Crippen LogP contribution in [0.25, 0.3) is 0 Å². The third-order valence-electron chi connectivity index (χ3n) is 4.07. The standard InChI is InChI=1S/C16H17FN4O3S/c17-11-5-3-10(4-6-11)8-25-9-13(22)21-7-1-2-12(21)14-15(16(23)24)19-20-18-14/h3-6,12H,1-2,7-9H2,(H,23,24)(H,18,19,20). The van der Waals surface area contributed by atoms with E-state index in [2.05, 4.69) is 15.4 Å². The van der Waals surface area contributed by atoms with Crippen LogP contribution in [-0.4, -0.2) is 49.6 Å². The number of hydrogen-bond donors (Lipinski definition) is 2. The van der Waals surface area contributed by atoms with Crippen LogP contribution in [0.3, 0.4) is 0 Å². The number of carbonyl (C=O) groups excluding carboxylic acids is 1. The molecule has 3 rings (SSSR count). The van der Waals surface area contributed by atoms with E-state index in [4.69, 9.17) is 5.11 Å². The van der Waals surface area contributed by atoms with Gasteiger partial charge in [0.1, 0.15) is 11.5 Å². The highest BCUT2D eigenvalue weighted by Gasteiger charge is 2.34. The van der Waals surface area contributed by atoms with E-state index in [1.165, 1.54) is 23.9 Å². The van der Waals surface area contributed by atoms with Gasteiger partial charge in [-0.2, -0.15) is 10.3 Å². The number of halogens is 1. The molecule has 1 aliphatic rings. The molecule has 1 aliphatic heterocycles. The van der Waals surface area contributed by atoms with E-state index in [-0.39, 0.29) is 29.2 Å². The summed E-state index contributed by atoms with van der Waals surface area (Å²) in [7, 11) is 0. The van der Waals surface area contributed by atoms with Gasteiger partial charge in [0, 0.05) is 12.3 Å². The number of carbonyl (C=O) groups is 2. The number of benzene rings is 1. The van der Waals surface area contributed by atoms with Crippen LogP contribution < -0.4 is 0 Å². The molecule has 2 heterocycles. The van der Waals surface area contributed by atoms with Gasteiger partial charge in [-0.1, -0.05) is 12.1 Å². The Labute approximate surface area is 147 Å². The van der Waals surface area contributed by atoms with Gasteiger partial charge >= 0.3 is 5.97 Å². The molecule has 1 saturated heterocycles. The number of aromatic carboxylic acids is 1. The Morgan fingerprint density at radius 2 is 2.08 bits per heavy atom. The SMILES string of the molecule is O=C(O)c1n[nH]nc1C1CCCN1C(=O)CSCc1ccc(F)cc1. The van der Waals surface area contributed by atoms with E-state index < -0.39 is 5.97 Å². The molecule has 1 fully saturated rings. The highest BCUT2D eigenvalue weighted by atomic mass is 32.2. The Hall–Kier alpha value is -2.42. The number of nitrogens with zero attached hydrogens (tertiary/aromatic N) is 3. The van der Waals surface area contributed by atoms with Gasteiger partial charge in [-0.3, -0.25) is 4.79 Å². The van der Waals surface area contributed by atoms with Crippen LogP contribution in [0.15, 0.2) is 24.3 Å². The number of aromatic amines is 1. The van der Waals surface area contributed by atoms with E-state index in [0.29, 0.717) is 24.4 Å². The van der Waals surface area contributed by atoms with Crippen LogP contribution in [0.4, 0.5) is 4.39 Å². The third kappa shape index (κ3) is 3.98. The molecule has 2 aromatic rings. The molecule has 1 atom stereocenters. The van der Waals surface area contributed by atoms with Crippen molar-refractivity contribution < 1.29 is 19.1 Å².